The van der Waals surface area contributed by atoms with E-state index in [2.05, 4.69) is 0 Å². The van der Waals surface area contributed by atoms with Gasteiger partial charge in [-0.05, 0) is 0 Å². The van der Waals surface area contributed by atoms with Crippen LogP contribution >= 0.6 is 0 Å². The smallest absolute Gasteiger partial charge is 0.342 e. The zero-order valence-electron chi connectivity index (χ0n) is 7.83. The molecule has 0 radical (unpaired) electrons. The third kappa shape index (κ3) is 0.971. The van der Waals surface area contributed by atoms with E-state index >= 15 is 0 Å². The first-order chi connectivity index (χ1) is 7.16. The number of fused-ring (bicyclic) bond motifs is 5. The van der Waals surface area contributed by atoms with Gasteiger partial charge in [0.05, 0.1) is 5.56 Å². The SMILES string of the molecule is CC(=O)Oc1cc2oc1c1c2C(=O)OC1. The number of esters is 2. The summed E-state index contributed by atoms with van der Waals surface area (Å²) in [5, 5.41) is 0. The Morgan fingerprint density at radius 2 is 2.33 bits per heavy atom. The Balaban J connectivity index is 2.17. The molecule has 3 rings (SSSR count). The summed E-state index contributed by atoms with van der Waals surface area (Å²) in [4.78, 5) is 22.0. The summed E-state index contributed by atoms with van der Waals surface area (Å²) in [7, 11) is 0. The Labute approximate surface area is 83.9 Å². The van der Waals surface area contributed by atoms with Crippen molar-refractivity contribution >= 4 is 23.1 Å². The highest BCUT2D eigenvalue weighted by Gasteiger charge is 2.33. The van der Waals surface area contributed by atoms with Crippen LogP contribution in [0.15, 0.2) is 10.5 Å². The Bertz CT molecular complexity index is 565. The lowest BCUT2D eigenvalue weighted by atomic mass is 10.1. The van der Waals surface area contributed by atoms with Crippen LogP contribution < -0.4 is 4.74 Å². The Kier molecular flexibility index (Phi) is 1.38. The van der Waals surface area contributed by atoms with E-state index in [-0.39, 0.29) is 12.6 Å². The van der Waals surface area contributed by atoms with Crippen LogP contribution in [0.2, 0.25) is 0 Å². The highest BCUT2D eigenvalue weighted by Crippen LogP contribution is 2.40. The first-order valence-corrected chi connectivity index (χ1v) is 4.40. The number of benzene rings is 1. The fourth-order valence-corrected chi connectivity index (χ4v) is 1.77. The summed E-state index contributed by atoms with van der Waals surface area (Å²) in [6, 6.07) is 1.53. The van der Waals surface area contributed by atoms with Crippen molar-refractivity contribution in [3.63, 3.8) is 0 Å². The largest absolute Gasteiger partial charge is 0.457 e. The zero-order valence-corrected chi connectivity index (χ0v) is 7.83. The second-order valence-corrected chi connectivity index (χ2v) is 3.33. The van der Waals surface area contributed by atoms with Gasteiger partial charge in [-0.3, -0.25) is 4.79 Å². The lowest BCUT2D eigenvalue weighted by molar-refractivity contribution is -0.131. The number of cyclic esters (lactones) is 1. The molecule has 0 aromatic carbocycles. The summed E-state index contributed by atoms with van der Waals surface area (Å²) >= 11 is 0. The van der Waals surface area contributed by atoms with Crippen LogP contribution in [0, 0.1) is 0 Å². The van der Waals surface area contributed by atoms with Gasteiger partial charge in [-0.2, -0.15) is 0 Å². The van der Waals surface area contributed by atoms with Crippen LogP contribution in [0.1, 0.15) is 22.8 Å². The van der Waals surface area contributed by atoms with Gasteiger partial charge in [0.1, 0.15) is 17.8 Å². The minimum atomic E-state index is -0.419. The third-order valence-corrected chi connectivity index (χ3v) is 2.33. The molecule has 0 spiro atoms. The molecule has 0 saturated carbocycles. The number of carbonyl (C=O) groups is 2. The van der Waals surface area contributed by atoms with Gasteiger partial charge in [0.25, 0.3) is 0 Å². The normalized spacial score (nSPS) is 14.3. The fourth-order valence-electron chi connectivity index (χ4n) is 1.77. The first-order valence-electron chi connectivity index (χ1n) is 4.40. The first kappa shape index (κ1) is 8.28. The molecule has 3 heterocycles. The molecule has 0 amide bonds. The van der Waals surface area contributed by atoms with E-state index < -0.39 is 5.97 Å². The minimum absolute atomic E-state index is 0.186. The summed E-state index contributed by atoms with van der Waals surface area (Å²) in [6.07, 6.45) is 0. The molecule has 15 heavy (non-hydrogen) atoms. The van der Waals surface area contributed by atoms with Gasteiger partial charge in [-0.1, -0.05) is 0 Å². The standard InChI is InChI=1S/C10H6O5/c1-4(11)14-7-2-6-8-5(9(7)15-6)3-13-10(8)12/h2H,3H2,1H3. The van der Waals surface area contributed by atoms with Crippen molar-refractivity contribution in [3.05, 3.63) is 17.2 Å². The molecule has 0 fully saturated rings. The predicted molar refractivity (Wildman–Crippen MR) is 47.8 cm³/mol. The molecule has 0 saturated heterocycles. The Morgan fingerprint density at radius 1 is 1.53 bits per heavy atom. The van der Waals surface area contributed by atoms with E-state index in [1.54, 1.807) is 0 Å². The lowest BCUT2D eigenvalue weighted by Gasteiger charge is -1.97. The summed E-state index contributed by atoms with van der Waals surface area (Å²) < 4.78 is 15.1. The number of furan rings is 2. The average Bonchev–Trinajstić information content (AvgIpc) is 2.76. The number of ether oxygens (including phenoxy) is 2. The van der Waals surface area contributed by atoms with E-state index in [9.17, 15) is 9.59 Å². The maximum absolute atomic E-state index is 11.2. The van der Waals surface area contributed by atoms with Crippen LogP contribution in [-0.2, 0) is 16.1 Å². The lowest BCUT2D eigenvalue weighted by Crippen LogP contribution is -2.01. The van der Waals surface area contributed by atoms with Gasteiger partial charge in [-0.15, -0.1) is 0 Å². The molecule has 5 heteroatoms. The Hall–Kier alpha value is -2.04. The maximum Gasteiger partial charge on any atom is 0.342 e. The molecule has 2 aromatic rings. The molecule has 1 aliphatic heterocycles. The quantitative estimate of drug-likeness (QED) is 0.522. The molecule has 0 aliphatic carbocycles. The number of carbonyl (C=O) groups excluding carboxylic acids is 2. The van der Waals surface area contributed by atoms with Crippen molar-refractivity contribution in [2.24, 2.45) is 0 Å². The highest BCUT2D eigenvalue weighted by molar-refractivity contribution is 6.05. The topological polar surface area (TPSA) is 65.7 Å². The van der Waals surface area contributed by atoms with Crippen molar-refractivity contribution in [1.29, 1.82) is 0 Å². The van der Waals surface area contributed by atoms with Crippen LogP contribution in [0.5, 0.6) is 5.75 Å². The summed E-state index contributed by atoms with van der Waals surface area (Å²) in [6.45, 7) is 1.50. The highest BCUT2D eigenvalue weighted by atomic mass is 16.6. The van der Waals surface area contributed by atoms with Gasteiger partial charge in [0.15, 0.2) is 11.3 Å². The van der Waals surface area contributed by atoms with E-state index in [0.29, 0.717) is 28.0 Å². The summed E-state index contributed by atoms with van der Waals surface area (Å²) in [5.74, 6) is -0.444. The molecule has 2 aromatic heterocycles. The Morgan fingerprint density at radius 3 is 3.07 bits per heavy atom. The second-order valence-electron chi connectivity index (χ2n) is 3.33. The molecule has 76 valence electrons. The van der Waals surface area contributed by atoms with E-state index in [1.165, 1.54) is 13.0 Å². The maximum atomic E-state index is 11.2. The second kappa shape index (κ2) is 2.50. The minimum Gasteiger partial charge on any atom is -0.457 e. The van der Waals surface area contributed by atoms with Crippen LogP contribution in [0.4, 0.5) is 0 Å². The fraction of sp³-hybridized carbons (Fsp3) is 0.200. The molecular formula is C10H6O5. The monoisotopic (exact) mass is 206 g/mol. The van der Waals surface area contributed by atoms with Crippen molar-refractivity contribution in [1.82, 2.24) is 0 Å². The van der Waals surface area contributed by atoms with Gasteiger partial charge >= 0.3 is 11.9 Å². The van der Waals surface area contributed by atoms with Gasteiger partial charge in [-0.25, -0.2) is 4.79 Å². The van der Waals surface area contributed by atoms with Crippen molar-refractivity contribution < 1.29 is 23.5 Å². The van der Waals surface area contributed by atoms with E-state index in [0.717, 1.165) is 0 Å². The predicted octanol–water partition coefficient (Wildman–Crippen LogP) is 1.47. The molecule has 0 N–H and O–H groups in total. The number of rotatable bonds is 1. The van der Waals surface area contributed by atoms with Crippen molar-refractivity contribution in [2.45, 2.75) is 13.5 Å². The zero-order chi connectivity index (χ0) is 10.6. The molecule has 0 atom stereocenters. The van der Waals surface area contributed by atoms with Crippen LogP contribution in [-0.4, -0.2) is 11.9 Å². The third-order valence-electron chi connectivity index (χ3n) is 2.33. The van der Waals surface area contributed by atoms with Crippen molar-refractivity contribution in [3.8, 4) is 5.75 Å². The van der Waals surface area contributed by atoms with Gasteiger partial charge in [0.2, 0.25) is 0 Å². The molecule has 1 aliphatic rings. The van der Waals surface area contributed by atoms with Crippen LogP contribution in [0.3, 0.4) is 0 Å². The molecule has 5 nitrogen and oxygen atoms in total. The molecule has 2 bridgehead atoms. The number of hydrogen-bond donors (Lipinski definition) is 0. The van der Waals surface area contributed by atoms with Gasteiger partial charge in [0, 0.05) is 13.0 Å². The molecular weight excluding hydrogens is 200 g/mol. The number of hydrogen-bond acceptors (Lipinski definition) is 5. The molecule has 0 unspecified atom stereocenters. The van der Waals surface area contributed by atoms with Crippen LogP contribution in [0.25, 0.3) is 11.2 Å². The average molecular weight is 206 g/mol. The van der Waals surface area contributed by atoms with Gasteiger partial charge < -0.3 is 13.9 Å². The summed E-state index contributed by atoms with van der Waals surface area (Å²) in [5.41, 5.74) is 1.98. The van der Waals surface area contributed by atoms with E-state index in [4.69, 9.17) is 13.9 Å². The van der Waals surface area contributed by atoms with Crippen molar-refractivity contribution in [2.75, 3.05) is 0 Å². The van der Waals surface area contributed by atoms with E-state index in [1.807, 2.05) is 0 Å².